The Kier molecular flexibility index (Phi) is 12.7. The van der Waals surface area contributed by atoms with Crippen LogP contribution >= 0.6 is 0 Å². The third-order valence-corrected chi connectivity index (χ3v) is 9.82. The maximum atomic E-state index is 13.8. The molecule has 1 N–H and O–H groups in total. The molecule has 1 aliphatic carbocycles. The van der Waals surface area contributed by atoms with Crippen LogP contribution in [0, 0.1) is 5.92 Å². The van der Waals surface area contributed by atoms with Crippen LogP contribution in [-0.2, 0) is 31.9 Å². The molecule has 0 bridgehead atoms. The van der Waals surface area contributed by atoms with Crippen molar-refractivity contribution in [2.24, 2.45) is 5.92 Å². The van der Waals surface area contributed by atoms with Crippen LogP contribution in [0.5, 0.6) is 0 Å². The van der Waals surface area contributed by atoms with Crippen molar-refractivity contribution in [1.29, 1.82) is 0 Å². The van der Waals surface area contributed by atoms with Gasteiger partial charge in [0.05, 0.1) is 31.0 Å². The number of aromatic nitrogens is 2. The Morgan fingerprint density at radius 2 is 1.82 bits per heavy atom. The summed E-state index contributed by atoms with van der Waals surface area (Å²) < 4.78 is 59.3. The summed E-state index contributed by atoms with van der Waals surface area (Å²) in [6.07, 6.45) is 0.597. The number of nitrogens with one attached hydrogen (secondary N) is 1. The predicted molar refractivity (Wildman–Crippen MR) is 171 cm³/mol. The fourth-order valence-corrected chi connectivity index (χ4v) is 6.26. The van der Waals surface area contributed by atoms with Gasteiger partial charge < -0.3 is 24.4 Å². The fraction of sp³-hybridized carbons (Fsp3) is 0.688. The van der Waals surface area contributed by atoms with E-state index >= 15 is 0 Å². The van der Waals surface area contributed by atoms with Crippen LogP contribution in [0.2, 0.25) is 25.7 Å². The predicted octanol–water partition coefficient (Wildman–Crippen LogP) is 8.04. The van der Waals surface area contributed by atoms with Crippen molar-refractivity contribution in [3.05, 3.63) is 35.7 Å². The van der Waals surface area contributed by atoms with Gasteiger partial charge in [0.1, 0.15) is 6.73 Å². The molecule has 0 saturated heterocycles. The van der Waals surface area contributed by atoms with Gasteiger partial charge in [0.25, 0.3) is 0 Å². The van der Waals surface area contributed by atoms with E-state index in [0.717, 1.165) is 55.7 Å². The van der Waals surface area contributed by atoms with Crippen molar-refractivity contribution in [3.8, 4) is 0 Å². The van der Waals surface area contributed by atoms with Crippen LogP contribution < -0.4 is 10.2 Å². The number of carbonyl (C=O) groups excluding carboxylic acids is 1. The maximum absolute atomic E-state index is 13.8. The lowest BCUT2D eigenvalue weighted by atomic mass is 9.90. The number of imidazole rings is 1. The second-order valence-electron chi connectivity index (χ2n) is 13.6. The van der Waals surface area contributed by atoms with Gasteiger partial charge in [-0.3, -0.25) is 9.36 Å². The maximum Gasteiger partial charge on any atom is 0.434 e. The zero-order valence-electron chi connectivity index (χ0n) is 27.6. The molecular formula is C32H51F3N4O4Si. The monoisotopic (exact) mass is 640 g/mol. The van der Waals surface area contributed by atoms with Gasteiger partial charge in [0.15, 0.2) is 5.69 Å². The normalized spacial score (nSPS) is 18.4. The number of methoxy groups -OCH3 is 2. The Balaban J connectivity index is 2.04. The Morgan fingerprint density at radius 1 is 1.14 bits per heavy atom. The summed E-state index contributed by atoms with van der Waals surface area (Å²) in [4.78, 5) is 18.4. The molecule has 1 aliphatic rings. The first-order valence-corrected chi connectivity index (χ1v) is 19.3. The molecule has 1 aromatic heterocycles. The van der Waals surface area contributed by atoms with Crippen LogP contribution in [0.3, 0.4) is 0 Å². The van der Waals surface area contributed by atoms with Crippen molar-refractivity contribution >= 4 is 31.4 Å². The van der Waals surface area contributed by atoms with E-state index in [0.29, 0.717) is 18.2 Å². The lowest BCUT2D eigenvalue weighted by Gasteiger charge is -2.40. The van der Waals surface area contributed by atoms with E-state index < -0.39 is 19.9 Å². The van der Waals surface area contributed by atoms with Crippen LogP contribution in [0.25, 0.3) is 0 Å². The standard InChI is InChI=1S/C32H51F3N4O4Si/c1-22(2)19-39(25-10-12-26(41-4)13-11-25)28-14-9-24(23(3)17-30(40)42-5)18-27(28)36-31-37-29(32(33,34)35)20-38(31)21-43-15-16-44(6,7)8/h9,14,18,20,22-23,25-26H,10-13,15-17,19,21H2,1-8H3,(H,36,37)/t23?,25-,26+. The average molecular weight is 641 g/mol. The zero-order valence-corrected chi connectivity index (χ0v) is 28.6. The number of benzene rings is 1. The van der Waals surface area contributed by atoms with Gasteiger partial charge in [-0.25, -0.2) is 4.98 Å². The topological polar surface area (TPSA) is 77.9 Å². The van der Waals surface area contributed by atoms with Crippen LogP contribution in [-0.4, -0.2) is 63.1 Å². The van der Waals surface area contributed by atoms with Crippen molar-refractivity contribution in [2.45, 2.75) is 110 Å². The van der Waals surface area contributed by atoms with Gasteiger partial charge in [-0.05, 0) is 61.3 Å². The van der Waals surface area contributed by atoms with Crippen LogP contribution in [0.15, 0.2) is 24.4 Å². The highest BCUT2D eigenvalue weighted by atomic mass is 28.3. The number of anilines is 3. The second-order valence-corrected chi connectivity index (χ2v) is 19.2. The number of halogens is 3. The quantitative estimate of drug-likeness (QED) is 0.120. The molecule has 8 nitrogen and oxygen atoms in total. The molecule has 12 heteroatoms. The smallest absolute Gasteiger partial charge is 0.434 e. The van der Waals surface area contributed by atoms with E-state index in [9.17, 15) is 18.0 Å². The third kappa shape index (κ3) is 10.5. The highest BCUT2D eigenvalue weighted by Gasteiger charge is 2.35. The van der Waals surface area contributed by atoms with Crippen LogP contribution in [0.1, 0.15) is 70.1 Å². The van der Waals surface area contributed by atoms with E-state index in [1.54, 1.807) is 7.11 Å². The van der Waals surface area contributed by atoms with Crippen molar-refractivity contribution in [1.82, 2.24) is 9.55 Å². The Labute approximate surface area is 261 Å². The molecule has 248 valence electrons. The number of alkyl halides is 3. The molecule has 1 atom stereocenters. The van der Waals surface area contributed by atoms with Gasteiger partial charge in [0.2, 0.25) is 5.95 Å². The molecule has 3 rings (SSSR count). The van der Waals surface area contributed by atoms with Gasteiger partial charge in [-0.1, -0.05) is 46.5 Å². The lowest BCUT2D eigenvalue weighted by Crippen LogP contribution is -2.41. The first kappa shape index (κ1) is 35.9. The summed E-state index contributed by atoms with van der Waals surface area (Å²) in [6.45, 7) is 14.1. The molecule has 0 amide bonds. The molecule has 1 fully saturated rings. The Morgan fingerprint density at radius 3 is 2.39 bits per heavy atom. The van der Waals surface area contributed by atoms with E-state index in [4.69, 9.17) is 14.2 Å². The van der Waals surface area contributed by atoms with Gasteiger partial charge in [-0.2, -0.15) is 13.2 Å². The minimum atomic E-state index is -4.61. The van der Waals surface area contributed by atoms with E-state index in [-0.39, 0.29) is 43.1 Å². The zero-order chi connectivity index (χ0) is 32.7. The molecule has 1 unspecified atom stereocenters. The number of rotatable bonds is 15. The van der Waals surface area contributed by atoms with Gasteiger partial charge in [-0.15, -0.1) is 0 Å². The summed E-state index contributed by atoms with van der Waals surface area (Å²) in [5, 5.41) is 3.26. The highest BCUT2D eigenvalue weighted by molar-refractivity contribution is 6.76. The Hall–Kier alpha value is -2.57. The summed E-state index contributed by atoms with van der Waals surface area (Å²) in [6, 6.07) is 7.08. The van der Waals surface area contributed by atoms with Crippen LogP contribution in [0.4, 0.5) is 30.5 Å². The fourth-order valence-electron chi connectivity index (χ4n) is 5.50. The molecular weight excluding hydrogens is 589 g/mol. The Bertz CT molecular complexity index is 1210. The average Bonchev–Trinajstić information content (AvgIpc) is 3.36. The summed E-state index contributed by atoms with van der Waals surface area (Å²) in [7, 11) is 1.73. The molecule has 1 aromatic carbocycles. The number of ether oxygens (including phenoxy) is 3. The SMILES string of the molecule is COC(=O)CC(C)c1ccc(N(CC(C)C)[C@H]2CC[C@@H](OC)CC2)c(Nc2nc(C(F)(F)F)cn2COCC[Si](C)(C)C)c1. The first-order valence-electron chi connectivity index (χ1n) is 15.6. The highest BCUT2D eigenvalue weighted by Crippen LogP contribution is 2.38. The molecule has 2 aromatic rings. The number of esters is 1. The molecule has 0 spiro atoms. The van der Waals surface area contributed by atoms with Crippen molar-refractivity contribution in [3.63, 3.8) is 0 Å². The molecule has 44 heavy (non-hydrogen) atoms. The third-order valence-electron chi connectivity index (χ3n) is 8.12. The second kappa shape index (κ2) is 15.6. The number of hydrogen-bond donors (Lipinski definition) is 1. The van der Waals surface area contributed by atoms with Gasteiger partial charge >= 0.3 is 12.1 Å². The molecule has 0 aliphatic heterocycles. The van der Waals surface area contributed by atoms with Gasteiger partial charge in [0, 0.05) is 40.6 Å². The first-order chi connectivity index (χ1) is 20.6. The molecule has 0 radical (unpaired) electrons. The lowest BCUT2D eigenvalue weighted by molar-refractivity contribution is -0.141. The van der Waals surface area contributed by atoms with E-state index in [1.165, 1.54) is 11.7 Å². The minimum absolute atomic E-state index is 0.0527. The van der Waals surface area contributed by atoms with E-state index in [2.05, 4.69) is 48.7 Å². The summed E-state index contributed by atoms with van der Waals surface area (Å²) in [5.41, 5.74) is 1.41. The molecule has 1 saturated carbocycles. The summed E-state index contributed by atoms with van der Waals surface area (Å²) in [5.74, 6) is -0.0900. The van der Waals surface area contributed by atoms with Crippen molar-refractivity contribution < 1.29 is 32.2 Å². The minimum Gasteiger partial charge on any atom is -0.469 e. The number of hydrogen-bond acceptors (Lipinski definition) is 7. The largest absolute Gasteiger partial charge is 0.469 e. The molecule has 1 heterocycles. The number of nitrogens with zero attached hydrogens (tertiary/aromatic N) is 3. The van der Waals surface area contributed by atoms with Crippen molar-refractivity contribution in [2.75, 3.05) is 37.6 Å². The van der Waals surface area contributed by atoms with E-state index in [1.807, 2.05) is 25.1 Å². The summed E-state index contributed by atoms with van der Waals surface area (Å²) >= 11 is 0. The number of carbonyl (C=O) groups is 1.